The summed E-state index contributed by atoms with van der Waals surface area (Å²) in [6, 6.07) is 5.92. The van der Waals surface area contributed by atoms with Crippen molar-refractivity contribution < 1.29 is 14.3 Å². The van der Waals surface area contributed by atoms with E-state index in [1.54, 1.807) is 7.11 Å². The van der Waals surface area contributed by atoms with Crippen LogP contribution in [0.5, 0.6) is 5.75 Å². The van der Waals surface area contributed by atoms with E-state index in [9.17, 15) is 4.79 Å². The molecule has 6 nitrogen and oxygen atoms in total. The van der Waals surface area contributed by atoms with Crippen LogP contribution in [0.2, 0.25) is 0 Å². The standard InChI is InChI=1S/C22H25N3O3S/c1-13-9-10-17(27-3)16(11-13)25-20-18-14(2)19(29-21(18)24-12-23-20)22(26)28-15-7-5-4-6-8-15/h9-12,15H,4-8H2,1-3H3,(H,23,24,25). The predicted molar refractivity (Wildman–Crippen MR) is 115 cm³/mol. The van der Waals surface area contributed by atoms with E-state index in [-0.39, 0.29) is 12.1 Å². The monoisotopic (exact) mass is 411 g/mol. The number of thiophene rings is 1. The van der Waals surface area contributed by atoms with Gasteiger partial charge < -0.3 is 14.8 Å². The number of methoxy groups -OCH3 is 1. The lowest BCUT2D eigenvalue weighted by Gasteiger charge is -2.21. The number of ether oxygens (including phenoxy) is 2. The van der Waals surface area contributed by atoms with Gasteiger partial charge in [-0.05, 0) is 62.8 Å². The minimum absolute atomic E-state index is 0.0288. The molecule has 0 unspecified atom stereocenters. The zero-order chi connectivity index (χ0) is 20.4. The molecule has 0 spiro atoms. The molecule has 1 aliphatic rings. The van der Waals surface area contributed by atoms with Gasteiger partial charge in [-0.25, -0.2) is 14.8 Å². The number of rotatable bonds is 5. The first-order valence-electron chi connectivity index (χ1n) is 9.93. The third kappa shape index (κ3) is 4.05. The van der Waals surface area contributed by atoms with Crippen molar-refractivity contribution in [2.45, 2.75) is 52.1 Å². The van der Waals surface area contributed by atoms with E-state index in [1.165, 1.54) is 24.1 Å². The van der Waals surface area contributed by atoms with Crippen LogP contribution in [0.15, 0.2) is 24.5 Å². The van der Waals surface area contributed by atoms with Crippen LogP contribution in [0.3, 0.4) is 0 Å². The Balaban J connectivity index is 1.66. The number of aromatic nitrogens is 2. The third-order valence-electron chi connectivity index (χ3n) is 5.35. The van der Waals surface area contributed by atoms with Crippen LogP contribution >= 0.6 is 11.3 Å². The second-order valence-electron chi connectivity index (χ2n) is 7.45. The summed E-state index contributed by atoms with van der Waals surface area (Å²) in [6.07, 6.45) is 6.93. The maximum Gasteiger partial charge on any atom is 0.348 e. The summed E-state index contributed by atoms with van der Waals surface area (Å²) in [5.41, 5.74) is 2.78. The number of nitrogens with zero attached hydrogens (tertiary/aromatic N) is 2. The number of esters is 1. The molecule has 0 saturated heterocycles. The predicted octanol–water partition coefficient (Wildman–Crippen LogP) is 5.55. The summed E-state index contributed by atoms with van der Waals surface area (Å²) in [4.78, 5) is 23.0. The minimum atomic E-state index is -0.253. The second-order valence-corrected chi connectivity index (χ2v) is 8.45. The Hall–Kier alpha value is -2.67. The van der Waals surface area contributed by atoms with E-state index >= 15 is 0 Å². The highest BCUT2D eigenvalue weighted by Crippen LogP contribution is 2.37. The lowest BCUT2D eigenvalue weighted by molar-refractivity contribution is 0.0216. The van der Waals surface area contributed by atoms with Crippen LogP contribution in [0.4, 0.5) is 11.5 Å². The molecular weight excluding hydrogens is 386 g/mol. The lowest BCUT2D eigenvalue weighted by Crippen LogP contribution is -2.20. The number of anilines is 2. The molecule has 0 amide bonds. The van der Waals surface area contributed by atoms with E-state index < -0.39 is 0 Å². The number of nitrogens with one attached hydrogen (secondary N) is 1. The topological polar surface area (TPSA) is 73.3 Å². The molecule has 3 aromatic rings. The van der Waals surface area contributed by atoms with Gasteiger partial charge in [0.2, 0.25) is 0 Å². The molecule has 1 aliphatic carbocycles. The molecule has 1 fully saturated rings. The second kappa shape index (κ2) is 8.37. The third-order valence-corrected chi connectivity index (χ3v) is 6.53. The van der Waals surface area contributed by atoms with E-state index in [4.69, 9.17) is 9.47 Å². The molecule has 4 rings (SSSR count). The molecule has 0 bridgehead atoms. The van der Waals surface area contributed by atoms with Crippen molar-refractivity contribution in [3.8, 4) is 5.75 Å². The number of fused-ring (bicyclic) bond motifs is 1. The maximum atomic E-state index is 12.8. The Morgan fingerprint density at radius 3 is 2.72 bits per heavy atom. The summed E-state index contributed by atoms with van der Waals surface area (Å²) >= 11 is 1.36. The Bertz CT molecular complexity index is 1040. The van der Waals surface area contributed by atoms with E-state index in [0.29, 0.717) is 10.7 Å². The number of carbonyl (C=O) groups is 1. The van der Waals surface area contributed by atoms with Crippen molar-refractivity contribution in [2.75, 3.05) is 12.4 Å². The molecule has 7 heteroatoms. The Labute approximate surface area is 174 Å². The van der Waals surface area contributed by atoms with Crippen LogP contribution in [0.25, 0.3) is 10.2 Å². The summed E-state index contributed by atoms with van der Waals surface area (Å²) in [5, 5.41) is 4.20. The minimum Gasteiger partial charge on any atom is -0.495 e. The zero-order valence-corrected chi connectivity index (χ0v) is 17.8. The van der Waals surface area contributed by atoms with Gasteiger partial charge in [0.25, 0.3) is 0 Å². The molecule has 152 valence electrons. The molecule has 29 heavy (non-hydrogen) atoms. The Morgan fingerprint density at radius 1 is 1.17 bits per heavy atom. The number of benzene rings is 1. The quantitative estimate of drug-likeness (QED) is 0.555. The highest BCUT2D eigenvalue weighted by atomic mass is 32.1. The molecular formula is C22H25N3O3S. The molecule has 1 N–H and O–H groups in total. The fourth-order valence-corrected chi connectivity index (χ4v) is 4.83. The van der Waals surface area contributed by atoms with Crippen molar-refractivity contribution in [1.82, 2.24) is 9.97 Å². The van der Waals surface area contributed by atoms with Crippen LogP contribution < -0.4 is 10.1 Å². The van der Waals surface area contributed by atoms with Gasteiger partial charge in [-0.15, -0.1) is 11.3 Å². The summed E-state index contributed by atoms with van der Waals surface area (Å²) in [5.74, 6) is 1.13. The van der Waals surface area contributed by atoms with Gasteiger partial charge in [0.15, 0.2) is 0 Å². The van der Waals surface area contributed by atoms with Gasteiger partial charge in [-0.2, -0.15) is 0 Å². The number of aryl methyl sites for hydroxylation is 2. The molecule has 1 aromatic carbocycles. The first kappa shape index (κ1) is 19.6. The van der Waals surface area contributed by atoms with Gasteiger partial charge in [-0.3, -0.25) is 0 Å². The number of hydrogen-bond donors (Lipinski definition) is 1. The van der Waals surface area contributed by atoms with Crippen LogP contribution in [0, 0.1) is 13.8 Å². The highest BCUT2D eigenvalue weighted by molar-refractivity contribution is 7.20. The van der Waals surface area contributed by atoms with E-state index in [0.717, 1.165) is 58.5 Å². The Kier molecular flexibility index (Phi) is 5.67. The van der Waals surface area contributed by atoms with Gasteiger partial charge in [0.05, 0.1) is 18.2 Å². The molecule has 2 heterocycles. The first-order valence-corrected chi connectivity index (χ1v) is 10.7. The van der Waals surface area contributed by atoms with Gasteiger partial charge >= 0.3 is 5.97 Å². The van der Waals surface area contributed by atoms with Crippen LogP contribution in [-0.4, -0.2) is 29.2 Å². The number of hydrogen-bond acceptors (Lipinski definition) is 7. The fraction of sp³-hybridized carbons (Fsp3) is 0.409. The van der Waals surface area contributed by atoms with Gasteiger partial charge in [0, 0.05) is 0 Å². The zero-order valence-electron chi connectivity index (χ0n) is 16.9. The molecule has 0 aliphatic heterocycles. The lowest BCUT2D eigenvalue weighted by atomic mass is 9.98. The smallest absolute Gasteiger partial charge is 0.348 e. The summed E-state index contributed by atoms with van der Waals surface area (Å²) in [6.45, 7) is 3.95. The van der Waals surface area contributed by atoms with Crippen LogP contribution in [0.1, 0.15) is 52.9 Å². The van der Waals surface area contributed by atoms with E-state index in [2.05, 4.69) is 15.3 Å². The highest BCUT2D eigenvalue weighted by Gasteiger charge is 2.24. The van der Waals surface area contributed by atoms with Crippen molar-refractivity contribution in [1.29, 1.82) is 0 Å². The summed E-state index contributed by atoms with van der Waals surface area (Å²) in [7, 11) is 1.64. The van der Waals surface area contributed by atoms with Crippen molar-refractivity contribution in [2.24, 2.45) is 0 Å². The average molecular weight is 412 g/mol. The van der Waals surface area contributed by atoms with Crippen molar-refractivity contribution in [3.63, 3.8) is 0 Å². The Morgan fingerprint density at radius 2 is 1.97 bits per heavy atom. The SMILES string of the molecule is COc1ccc(C)cc1Nc1ncnc2sc(C(=O)OC3CCCCC3)c(C)c12. The maximum absolute atomic E-state index is 12.8. The largest absolute Gasteiger partial charge is 0.495 e. The van der Waals surface area contributed by atoms with Crippen LogP contribution in [-0.2, 0) is 4.74 Å². The molecule has 2 aromatic heterocycles. The normalized spacial score (nSPS) is 14.7. The first-order chi connectivity index (χ1) is 14.1. The van der Waals surface area contributed by atoms with Gasteiger partial charge in [0.1, 0.15) is 33.7 Å². The fourth-order valence-electron chi connectivity index (χ4n) is 3.80. The molecule has 0 atom stereocenters. The van der Waals surface area contributed by atoms with Crippen molar-refractivity contribution in [3.05, 3.63) is 40.5 Å². The number of carbonyl (C=O) groups excluding carboxylic acids is 1. The van der Waals surface area contributed by atoms with Crippen molar-refractivity contribution >= 4 is 39.0 Å². The van der Waals surface area contributed by atoms with Gasteiger partial charge in [-0.1, -0.05) is 12.5 Å². The average Bonchev–Trinajstić information content (AvgIpc) is 3.07. The summed E-state index contributed by atoms with van der Waals surface area (Å²) < 4.78 is 11.2. The molecule has 1 saturated carbocycles. The van der Waals surface area contributed by atoms with E-state index in [1.807, 2.05) is 32.0 Å². The molecule has 0 radical (unpaired) electrons.